The molecule has 0 aliphatic heterocycles. The van der Waals surface area contributed by atoms with Gasteiger partial charge < -0.3 is 0 Å². The zero-order chi connectivity index (χ0) is 16.1. The fraction of sp³-hybridized carbons (Fsp3) is 0.765. The Morgan fingerprint density at radius 1 is 1.00 bits per heavy atom. The van der Waals surface area contributed by atoms with Crippen LogP contribution in [0.25, 0.3) is 0 Å². The topological polar surface area (TPSA) is 12.0 Å². The summed E-state index contributed by atoms with van der Waals surface area (Å²) < 4.78 is 11.4. The molecule has 0 aromatic heterocycles. The second kappa shape index (κ2) is 5.32. The van der Waals surface area contributed by atoms with Gasteiger partial charge in [0.1, 0.15) is 0 Å². The van der Waals surface area contributed by atoms with Gasteiger partial charge in [-0.25, -0.2) is 0 Å². The Labute approximate surface area is 129 Å². The third kappa shape index (κ3) is 3.01. The molecule has 0 saturated carbocycles. The third-order valence-electron chi connectivity index (χ3n) is 5.96. The van der Waals surface area contributed by atoms with E-state index in [0.29, 0.717) is 5.92 Å². The van der Waals surface area contributed by atoms with Crippen molar-refractivity contribution < 1.29 is 18.2 Å². The van der Waals surface area contributed by atoms with Crippen LogP contribution < -0.4 is 3.26 Å². The van der Waals surface area contributed by atoms with Crippen molar-refractivity contribution in [3.8, 4) is 0 Å². The van der Waals surface area contributed by atoms with Gasteiger partial charge in [-0.15, -0.1) is 0 Å². The van der Waals surface area contributed by atoms with Crippen LogP contribution in [0.4, 0.5) is 0 Å². The van der Waals surface area contributed by atoms with Crippen LogP contribution in [0.15, 0.2) is 20.0 Å². The molecule has 0 heterocycles. The maximum atomic E-state index is 4.24. The van der Waals surface area contributed by atoms with Crippen molar-refractivity contribution in [3.63, 3.8) is 0 Å². The Morgan fingerprint density at radius 3 is 1.70 bits per heavy atom. The van der Waals surface area contributed by atoms with Gasteiger partial charge in [-0.1, -0.05) is 0 Å². The van der Waals surface area contributed by atoms with Crippen molar-refractivity contribution in [2.75, 3.05) is 0 Å². The van der Waals surface area contributed by atoms with E-state index in [1.54, 1.807) is 16.7 Å². The van der Waals surface area contributed by atoms with E-state index in [4.69, 9.17) is 0 Å². The van der Waals surface area contributed by atoms with Crippen molar-refractivity contribution in [2.45, 2.75) is 76.4 Å². The Kier molecular flexibility index (Phi) is 4.94. The molecule has 1 N–H and O–H groups in total. The van der Waals surface area contributed by atoms with Gasteiger partial charge in [0, 0.05) is 0 Å². The van der Waals surface area contributed by atoms with Gasteiger partial charge in [0.05, 0.1) is 0 Å². The first-order valence-electron chi connectivity index (χ1n) is 8.10. The van der Waals surface area contributed by atoms with E-state index >= 15 is 0 Å². The normalized spacial score (nSPS) is 23.6. The number of rotatable bonds is 3. The van der Waals surface area contributed by atoms with Gasteiger partial charge in [-0.3, -0.25) is 0 Å². The molecule has 1 rings (SSSR count). The summed E-state index contributed by atoms with van der Waals surface area (Å²) in [5.74, 6) is -0.133. The molecule has 20 heavy (non-hydrogen) atoms. The summed E-state index contributed by atoms with van der Waals surface area (Å²) in [6.07, 6.45) is 0. The van der Waals surface area contributed by atoms with Gasteiger partial charge in [0.25, 0.3) is 0 Å². The Morgan fingerprint density at radius 2 is 1.45 bits per heavy atom. The van der Waals surface area contributed by atoms with Crippen LogP contribution in [-0.2, 0) is 18.2 Å². The fourth-order valence-corrected chi connectivity index (χ4v) is 30.3. The zero-order valence-electron chi connectivity index (χ0n) is 15.7. The maximum absolute atomic E-state index is 4.24. The van der Waals surface area contributed by atoms with E-state index in [2.05, 4.69) is 74.1 Å². The van der Waals surface area contributed by atoms with E-state index in [1.807, 2.05) is 3.28 Å². The first-order chi connectivity index (χ1) is 8.71. The standard InChI is InChI=1S/C9H13.C4H10N.C2H7Si.2CH3.Zr/c1-6-5-7(2)9(4)8(6)3;1-4(2,3)5;1-3-2;;;/h6H,1-4H3;5H,1-3H3;3H,1-2H3;2*1H3;/q;-1;;;;+1. The zero-order valence-corrected chi connectivity index (χ0v) is 19.3. The number of hydrogen-bond donors (Lipinski definition) is 1. The summed E-state index contributed by atoms with van der Waals surface area (Å²) in [5.41, 5.74) is 4.99. The summed E-state index contributed by atoms with van der Waals surface area (Å²) in [4.78, 5) is 0. The van der Waals surface area contributed by atoms with E-state index in [0.717, 1.165) is 0 Å². The van der Waals surface area contributed by atoms with Gasteiger partial charge >= 0.3 is 130 Å². The SMILES string of the molecule is CC1=C(C)C(C)[C]([Zr]([CH3])([CH3])([NH]C(C)(C)C)[SiH](C)C)=C1C. The van der Waals surface area contributed by atoms with Crippen LogP contribution in [0.1, 0.15) is 48.5 Å². The molecule has 1 aliphatic rings. The molecular weight excluding hydrogens is 338 g/mol. The summed E-state index contributed by atoms with van der Waals surface area (Å²) >= 11 is -3.06. The molecular formula is C17H36NSiZr. The predicted molar refractivity (Wildman–Crippen MR) is 93.7 cm³/mol. The molecule has 0 aromatic rings. The van der Waals surface area contributed by atoms with Gasteiger partial charge in [0.2, 0.25) is 0 Å². The van der Waals surface area contributed by atoms with Gasteiger partial charge in [-0.05, 0) is 0 Å². The summed E-state index contributed by atoms with van der Waals surface area (Å²) in [6, 6.07) is 0. The van der Waals surface area contributed by atoms with E-state index in [-0.39, 0.29) is 5.54 Å². The van der Waals surface area contributed by atoms with Crippen molar-refractivity contribution in [1.29, 1.82) is 0 Å². The van der Waals surface area contributed by atoms with Crippen LogP contribution in [0.3, 0.4) is 0 Å². The Hall–Kier alpha value is 0.540. The van der Waals surface area contributed by atoms with E-state index in [1.165, 1.54) is 0 Å². The summed E-state index contributed by atoms with van der Waals surface area (Å²) in [7, 11) is 0. The number of allylic oxidation sites excluding steroid dienone is 4. The van der Waals surface area contributed by atoms with Crippen LogP contribution >= 0.6 is 0 Å². The number of nitrogens with one attached hydrogen (secondary N) is 1. The van der Waals surface area contributed by atoms with Crippen LogP contribution in [0, 0.1) is 5.92 Å². The second-order valence-corrected chi connectivity index (χ2v) is 44.3. The van der Waals surface area contributed by atoms with E-state index < -0.39 is 24.2 Å². The first kappa shape index (κ1) is 18.6. The fourth-order valence-electron chi connectivity index (χ4n) is 4.28. The van der Waals surface area contributed by atoms with E-state index in [9.17, 15) is 0 Å². The average molecular weight is 374 g/mol. The molecule has 1 nitrogen and oxygen atoms in total. The monoisotopic (exact) mass is 372 g/mol. The minimum atomic E-state index is -3.06. The molecule has 1 unspecified atom stereocenters. The minimum absolute atomic E-state index is 0.212. The van der Waals surface area contributed by atoms with Crippen LogP contribution in [0.5, 0.6) is 0 Å². The third-order valence-corrected chi connectivity index (χ3v) is 47.5. The van der Waals surface area contributed by atoms with Crippen molar-refractivity contribution in [1.82, 2.24) is 3.26 Å². The molecule has 3 heteroatoms. The Bertz CT molecular complexity index is 478. The second-order valence-electron chi connectivity index (χ2n) is 9.09. The molecule has 1 aliphatic carbocycles. The van der Waals surface area contributed by atoms with Gasteiger partial charge in [-0.2, -0.15) is 0 Å². The molecule has 0 aromatic carbocycles. The Balaban J connectivity index is 3.52. The molecule has 1 atom stereocenters. The molecule has 117 valence electrons. The van der Waals surface area contributed by atoms with Crippen LogP contribution in [0.2, 0.25) is 22.4 Å². The molecule has 0 saturated heterocycles. The van der Waals surface area contributed by atoms with Crippen molar-refractivity contribution in [2.24, 2.45) is 5.92 Å². The van der Waals surface area contributed by atoms with Gasteiger partial charge in [0.15, 0.2) is 0 Å². The quantitative estimate of drug-likeness (QED) is 0.660. The first-order valence-corrected chi connectivity index (χ1v) is 22.6. The molecule has 0 radical (unpaired) electrons. The summed E-state index contributed by atoms with van der Waals surface area (Å²) in [5, 5.41) is 0. The number of hydrogen-bond acceptors (Lipinski definition) is 1. The molecule has 0 bridgehead atoms. The van der Waals surface area contributed by atoms with Crippen LogP contribution in [-0.4, -0.2) is 11.5 Å². The molecule has 0 spiro atoms. The average Bonchev–Trinajstić information content (AvgIpc) is 2.40. The van der Waals surface area contributed by atoms with Crippen molar-refractivity contribution in [3.05, 3.63) is 20.0 Å². The molecule has 0 fully saturated rings. The van der Waals surface area contributed by atoms with Crippen molar-refractivity contribution >= 4 is 5.92 Å². The predicted octanol–water partition coefficient (Wildman–Crippen LogP) is 5.32. The molecule has 0 amide bonds. The summed E-state index contributed by atoms with van der Waals surface area (Å²) in [6.45, 7) is 21.6.